The molecule has 116 valence electrons. The number of hydrogen-bond donors (Lipinski definition) is 3. The molecule has 0 fully saturated rings. The van der Waals surface area contributed by atoms with E-state index in [1.807, 2.05) is 6.92 Å². The maximum Gasteiger partial charge on any atom is 0.328 e. The first-order valence-electron chi connectivity index (χ1n) is 6.71. The summed E-state index contributed by atoms with van der Waals surface area (Å²) in [4.78, 5) is 34.3. The van der Waals surface area contributed by atoms with Gasteiger partial charge in [0.2, 0.25) is 0 Å². The number of unbranched alkanes of at least 4 members (excludes halogenated alkanes) is 1. The third kappa shape index (κ3) is 6.40. The quantitative estimate of drug-likeness (QED) is 0.581. The minimum atomic E-state index is -1.09. The molecule has 20 heavy (non-hydrogen) atoms. The first-order chi connectivity index (χ1) is 9.33. The van der Waals surface area contributed by atoms with Crippen LogP contribution in [0.25, 0.3) is 0 Å². The molecule has 2 amide bonds. The molecule has 7 heteroatoms. The topological polar surface area (TPSA) is 105 Å². The maximum absolute atomic E-state index is 11.8. The van der Waals surface area contributed by atoms with Crippen LogP contribution in [0.15, 0.2) is 0 Å². The number of ether oxygens (including phenoxy) is 1. The van der Waals surface area contributed by atoms with Crippen LogP contribution in [0.3, 0.4) is 0 Å². The number of rotatable bonds is 8. The fraction of sp³-hybridized carbons (Fsp3) is 0.769. The van der Waals surface area contributed by atoms with E-state index in [9.17, 15) is 14.4 Å². The first-order valence-corrected chi connectivity index (χ1v) is 6.71. The molecule has 0 aliphatic heterocycles. The van der Waals surface area contributed by atoms with Gasteiger partial charge in [0.05, 0.1) is 7.11 Å². The molecule has 0 bridgehead atoms. The van der Waals surface area contributed by atoms with Crippen LogP contribution < -0.4 is 10.6 Å². The second-order valence-electron chi connectivity index (χ2n) is 4.90. The van der Waals surface area contributed by atoms with Crippen molar-refractivity contribution in [2.45, 2.75) is 52.1 Å². The molecule has 0 saturated heterocycles. The summed E-state index contributed by atoms with van der Waals surface area (Å²) in [7, 11) is 1.23. The summed E-state index contributed by atoms with van der Waals surface area (Å²) in [5.74, 6) is -1.81. The number of amides is 2. The van der Waals surface area contributed by atoms with Crippen LogP contribution >= 0.6 is 0 Å². The fourth-order valence-corrected chi connectivity index (χ4v) is 1.63. The van der Waals surface area contributed by atoms with Gasteiger partial charge in [-0.1, -0.05) is 33.6 Å². The van der Waals surface area contributed by atoms with Gasteiger partial charge in [-0.3, -0.25) is 0 Å². The second-order valence-corrected chi connectivity index (χ2v) is 4.90. The number of hydrogen-bond acceptors (Lipinski definition) is 4. The number of nitrogens with one attached hydrogen (secondary N) is 2. The molecular formula is C13H24N2O5. The number of aliphatic carboxylic acids is 1. The van der Waals surface area contributed by atoms with E-state index >= 15 is 0 Å². The number of methoxy groups -OCH3 is 1. The maximum atomic E-state index is 11.8. The molecule has 0 aromatic heterocycles. The number of carboxylic acids is 1. The van der Waals surface area contributed by atoms with E-state index < -0.39 is 30.1 Å². The van der Waals surface area contributed by atoms with Crippen LogP contribution in [0.2, 0.25) is 0 Å². The van der Waals surface area contributed by atoms with Gasteiger partial charge in [0.15, 0.2) is 0 Å². The number of carboxylic acid groups (broad SMARTS) is 1. The summed E-state index contributed by atoms with van der Waals surface area (Å²) >= 11 is 0. The number of carbonyl (C=O) groups excluding carboxylic acids is 2. The minimum Gasteiger partial charge on any atom is -0.480 e. The van der Waals surface area contributed by atoms with Gasteiger partial charge in [-0.25, -0.2) is 14.4 Å². The highest BCUT2D eigenvalue weighted by Crippen LogP contribution is 2.04. The Morgan fingerprint density at radius 1 is 1.20 bits per heavy atom. The van der Waals surface area contributed by atoms with Crippen molar-refractivity contribution in [3.63, 3.8) is 0 Å². The van der Waals surface area contributed by atoms with Crippen LogP contribution in [-0.4, -0.2) is 42.3 Å². The van der Waals surface area contributed by atoms with Gasteiger partial charge >= 0.3 is 18.0 Å². The molecule has 2 atom stereocenters. The third-order valence-corrected chi connectivity index (χ3v) is 2.86. The fourth-order valence-electron chi connectivity index (χ4n) is 1.63. The van der Waals surface area contributed by atoms with Crippen molar-refractivity contribution in [3.05, 3.63) is 0 Å². The Bertz CT molecular complexity index is 344. The Morgan fingerprint density at radius 2 is 1.80 bits per heavy atom. The van der Waals surface area contributed by atoms with Gasteiger partial charge in [-0.05, 0) is 12.3 Å². The number of carbonyl (C=O) groups is 3. The SMILES string of the molecule is CCCCC(NC(=O)NC(C(=O)OC)C(C)C)C(=O)O. The highest BCUT2D eigenvalue weighted by Gasteiger charge is 2.27. The molecule has 0 aliphatic carbocycles. The number of esters is 1. The monoisotopic (exact) mass is 288 g/mol. The van der Waals surface area contributed by atoms with Gasteiger partial charge in [-0.15, -0.1) is 0 Å². The summed E-state index contributed by atoms with van der Waals surface area (Å²) in [6, 6.07) is -2.45. The molecule has 7 nitrogen and oxygen atoms in total. The minimum absolute atomic E-state index is 0.160. The summed E-state index contributed by atoms with van der Waals surface area (Å²) < 4.78 is 4.59. The predicted octanol–water partition coefficient (Wildman–Crippen LogP) is 1.13. The molecule has 0 saturated carbocycles. The van der Waals surface area contributed by atoms with Crippen molar-refractivity contribution < 1.29 is 24.2 Å². The molecule has 0 radical (unpaired) electrons. The van der Waals surface area contributed by atoms with Crippen LogP contribution in [0.5, 0.6) is 0 Å². The lowest BCUT2D eigenvalue weighted by Gasteiger charge is -2.21. The van der Waals surface area contributed by atoms with Gasteiger partial charge in [0.25, 0.3) is 0 Å². The lowest BCUT2D eigenvalue weighted by atomic mass is 10.1. The highest BCUT2D eigenvalue weighted by atomic mass is 16.5. The van der Waals surface area contributed by atoms with E-state index in [4.69, 9.17) is 5.11 Å². The van der Waals surface area contributed by atoms with Gasteiger partial charge in [-0.2, -0.15) is 0 Å². The molecule has 0 heterocycles. The molecule has 2 unspecified atom stereocenters. The molecule has 0 aromatic rings. The lowest BCUT2D eigenvalue weighted by molar-refractivity contribution is -0.144. The zero-order chi connectivity index (χ0) is 15.7. The lowest BCUT2D eigenvalue weighted by Crippen LogP contribution is -2.52. The average molecular weight is 288 g/mol. The van der Waals surface area contributed by atoms with Crippen molar-refractivity contribution in [3.8, 4) is 0 Å². The van der Waals surface area contributed by atoms with Crippen molar-refractivity contribution in [1.29, 1.82) is 0 Å². The van der Waals surface area contributed by atoms with Crippen LogP contribution in [0.1, 0.15) is 40.0 Å². The molecule has 0 aliphatic rings. The van der Waals surface area contributed by atoms with Gasteiger partial charge in [0.1, 0.15) is 12.1 Å². The first kappa shape index (κ1) is 18.2. The Hall–Kier alpha value is -1.79. The Balaban J connectivity index is 4.56. The Labute approximate surface area is 119 Å². The van der Waals surface area contributed by atoms with Crippen LogP contribution in [0.4, 0.5) is 4.79 Å². The summed E-state index contributed by atoms with van der Waals surface area (Å²) in [5.41, 5.74) is 0. The predicted molar refractivity (Wildman–Crippen MR) is 73.3 cm³/mol. The largest absolute Gasteiger partial charge is 0.480 e. The van der Waals surface area contributed by atoms with E-state index in [1.165, 1.54) is 7.11 Å². The van der Waals surface area contributed by atoms with Crippen LogP contribution in [0, 0.1) is 5.92 Å². The van der Waals surface area contributed by atoms with E-state index in [2.05, 4.69) is 15.4 Å². The number of urea groups is 1. The van der Waals surface area contributed by atoms with Crippen molar-refractivity contribution in [2.75, 3.05) is 7.11 Å². The highest BCUT2D eigenvalue weighted by molar-refractivity contribution is 5.86. The van der Waals surface area contributed by atoms with E-state index in [0.717, 1.165) is 6.42 Å². The molecule has 0 aromatic carbocycles. The smallest absolute Gasteiger partial charge is 0.328 e. The summed E-state index contributed by atoms with van der Waals surface area (Å²) in [6.45, 7) is 5.45. The van der Waals surface area contributed by atoms with Crippen molar-refractivity contribution in [2.24, 2.45) is 5.92 Å². The Kier molecular flexibility index (Phi) is 8.35. The zero-order valence-corrected chi connectivity index (χ0v) is 12.4. The molecule has 0 spiro atoms. The van der Waals surface area contributed by atoms with Gasteiger partial charge in [0, 0.05) is 0 Å². The third-order valence-electron chi connectivity index (χ3n) is 2.86. The normalized spacial score (nSPS) is 13.4. The molecule has 3 N–H and O–H groups in total. The second kappa shape index (κ2) is 9.17. The molecule has 0 rings (SSSR count). The van der Waals surface area contributed by atoms with Crippen molar-refractivity contribution >= 4 is 18.0 Å². The van der Waals surface area contributed by atoms with Crippen LogP contribution in [-0.2, 0) is 14.3 Å². The average Bonchev–Trinajstić information content (AvgIpc) is 2.39. The van der Waals surface area contributed by atoms with E-state index in [-0.39, 0.29) is 5.92 Å². The Morgan fingerprint density at radius 3 is 2.20 bits per heavy atom. The van der Waals surface area contributed by atoms with Crippen molar-refractivity contribution in [1.82, 2.24) is 10.6 Å². The summed E-state index contributed by atoms with van der Waals surface area (Å²) in [5, 5.41) is 13.8. The summed E-state index contributed by atoms with van der Waals surface area (Å²) in [6.07, 6.45) is 1.88. The van der Waals surface area contributed by atoms with E-state index in [1.54, 1.807) is 13.8 Å². The standard InChI is InChI=1S/C13H24N2O5/c1-5-6-7-9(11(16)17)14-13(19)15-10(8(2)3)12(18)20-4/h8-10H,5-7H2,1-4H3,(H,16,17)(H2,14,15,19). The zero-order valence-electron chi connectivity index (χ0n) is 12.4. The molecular weight excluding hydrogens is 264 g/mol. The van der Waals surface area contributed by atoms with Gasteiger partial charge < -0.3 is 20.5 Å². The van der Waals surface area contributed by atoms with E-state index in [0.29, 0.717) is 12.8 Å².